The maximum atomic E-state index is 11.6. The second kappa shape index (κ2) is 5.77. The molecule has 0 saturated heterocycles. The molecule has 20 heavy (non-hydrogen) atoms. The lowest BCUT2D eigenvalue weighted by Crippen LogP contribution is -2.03. The molecule has 2 rings (SSSR count). The van der Waals surface area contributed by atoms with E-state index in [1.807, 2.05) is 13.8 Å². The molecule has 0 aliphatic carbocycles. The Hall–Kier alpha value is -2.30. The third kappa shape index (κ3) is 2.82. The van der Waals surface area contributed by atoms with Crippen molar-refractivity contribution in [3.8, 4) is 11.5 Å². The van der Waals surface area contributed by atoms with E-state index in [1.165, 1.54) is 6.92 Å². The summed E-state index contributed by atoms with van der Waals surface area (Å²) in [6, 6.07) is 5.14. The predicted octanol–water partition coefficient (Wildman–Crippen LogP) is 3.08. The molecular formula is C15H17NO4. The molecule has 0 atom stereocenters. The zero-order valence-corrected chi connectivity index (χ0v) is 12.0. The highest BCUT2D eigenvalue weighted by Crippen LogP contribution is 2.26. The number of hydrogen-bond acceptors (Lipinski definition) is 5. The van der Waals surface area contributed by atoms with Crippen molar-refractivity contribution >= 4 is 5.78 Å². The second-order valence-electron chi connectivity index (χ2n) is 4.51. The molecule has 5 nitrogen and oxygen atoms in total. The quantitative estimate of drug-likeness (QED) is 0.785. The second-order valence-corrected chi connectivity index (χ2v) is 4.51. The van der Waals surface area contributed by atoms with Gasteiger partial charge in [0.2, 0.25) is 0 Å². The molecule has 0 spiro atoms. The average molecular weight is 275 g/mol. The fourth-order valence-electron chi connectivity index (χ4n) is 1.90. The molecule has 1 aromatic carbocycles. The van der Waals surface area contributed by atoms with Gasteiger partial charge in [-0.2, -0.15) is 0 Å². The van der Waals surface area contributed by atoms with E-state index >= 15 is 0 Å². The third-order valence-corrected chi connectivity index (χ3v) is 3.12. The number of hydrogen-bond donors (Lipinski definition) is 0. The molecule has 1 aromatic heterocycles. The van der Waals surface area contributed by atoms with Gasteiger partial charge in [-0.15, -0.1) is 0 Å². The van der Waals surface area contributed by atoms with Crippen LogP contribution in [0.3, 0.4) is 0 Å². The van der Waals surface area contributed by atoms with Crippen LogP contribution in [0, 0.1) is 13.8 Å². The van der Waals surface area contributed by atoms with Crippen LogP contribution >= 0.6 is 0 Å². The average Bonchev–Trinajstić information content (AvgIpc) is 2.75. The minimum absolute atomic E-state index is 0.0542. The predicted molar refractivity (Wildman–Crippen MR) is 73.3 cm³/mol. The Balaban J connectivity index is 2.26. The van der Waals surface area contributed by atoms with E-state index in [4.69, 9.17) is 14.0 Å². The molecule has 0 amide bonds. The van der Waals surface area contributed by atoms with Gasteiger partial charge in [-0.25, -0.2) is 0 Å². The van der Waals surface area contributed by atoms with Gasteiger partial charge in [0.1, 0.15) is 23.9 Å². The van der Waals surface area contributed by atoms with Gasteiger partial charge < -0.3 is 14.0 Å². The van der Waals surface area contributed by atoms with E-state index in [9.17, 15) is 4.79 Å². The van der Waals surface area contributed by atoms with Gasteiger partial charge >= 0.3 is 0 Å². The maximum absolute atomic E-state index is 11.6. The van der Waals surface area contributed by atoms with Crippen molar-refractivity contribution < 1.29 is 18.8 Å². The van der Waals surface area contributed by atoms with Crippen LogP contribution in [0.2, 0.25) is 0 Å². The minimum atomic E-state index is -0.0542. The third-order valence-electron chi connectivity index (χ3n) is 3.12. The van der Waals surface area contributed by atoms with Gasteiger partial charge in [0.05, 0.1) is 23.9 Å². The van der Waals surface area contributed by atoms with Gasteiger partial charge in [0.25, 0.3) is 0 Å². The standard InChI is InChI=1S/C15H17NO4/c1-9-14(11(3)20-16-9)8-19-15-7-12(18-4)5-6-13(15)10(2)17/h5-7H,8H2,1-4H3. The number of Topliss-reactive ketones (excluding diaryl/α,β-unsaturated/α-hetero) is 1. The van der Waals surface area contributed by atoms with E-state index < -0.39 is 0 Å². The summed E-state index contributed by atoms with van der Waals surface area (Å²) in [7, 11) is 1.57. The van der Waals surface area contributed by atoms with Crippen molar-refractivity contribution in [1.29, 1.82) is 0 Å². The molecule has 106 valence electrons. The number of nitrogens with zero attached hydrogens (tertiary/aromatic N) is 1. The molecule has 1 heterocycles. The van der Waals surface area contributed by atoms with E-state index in [0.717, 1.165) is 17.0 Å². The number of benzene rings is 1. The molecule has 0 radical (unpaired) electrons. The highest BCUT2D eigenvalue weighted by Gasteiger charge is 2.13. The first-order valence-electron chi connectivity index (χ1n) is 6.26. The Morgan fingerprint density at radius 1 is 1.35 bits per heavy atom. The van der Waals surface area contributed by atoms with Crippen molar-refractivity contribution in [3.63, 3.8) is 0 Å². The molecule has 0 aliphatic rings. The summed E-state index contributed by atoms with van der Waals surface area (Å²) in [6.45, 7) is 5.49. The van der Waals surface area contributed by atoms with E-state index in [1.54, 1.807) is 25.3 Å². The molecule has 0 bridgehead atoms. The van der Waals surface area contributed by atoms with Crippen LogP contribution < -0.4 is 9.47 Å². The summed E-state index contributed by atoms with van der Waals surface area (Å²) in [5.41, 5.74) is 2.20. The first-order chi connectivity index (χ1) is 9.52. The lowest BCUT2D eigenvalue weighted by molar-refractivity contribution is 0.101. The zero-order chi connectivity index (χ0) is 14.7. The van der Waals surface area contributed by atoms with Crippen molar-refractivity contribution in [3.05, 3.63) is 40.8 Å². The highest BCUT2D eigenvalue weighted by atomic mass is 16.5. The number of ether oxygens (including phenoxy) is 2. The fourth-order valence-corrected chi connectivity index (χ4v) is 1.90. The first kappa shape index (κ1) is 14.1. The van der Waals surface area contributed by atoms with E-state index in [2.05, 4.69) is 5.16 Å². The summed E-state index contributed by atoms with van der Waals surface area (Å²) in [4.78, 5) is 11.6. The monoisotopic (exact) mass is 275 g/mol. The van der Waals surface area contributed by atoms with Gasteiger partial charge in [-0.1, -0.05) is 5.16 Å². The Morgan fingerprint density at radius 3 is 2.65 bits per heavy atom. The summed E-state index contributed by atoms with van der Waals surface area (Å²) in [5.74, 6) is 1.80. The summed E-state index contributed by atoms with van der Waals surface area (Å²) >= 11 is 0. The first-order valence-corrected chi connectivity index (χ1v) is 6.26. The number of aromatic nitrogens is 1. The SMILES string of the molecule is COc1ccc(C(C)=O)c(OCc2c(C)noc2C)c1. The molecule has 0 unspecified atom stereocenters. The molecule has 0 saturated carbocycles. The van der Waals surface area contributed by atoms with Crippen LogP contribution in [0.15, 0.2) is 22.7 Å². The number of carbonyl (C=O) groups excluding carboxylic acids is 1. The lowest BCUT2D eigenvalue weighted by atomic mass is 10.1. The summed E-state index contributed by atoms with van der Waals surface area (Å²) in [6.07, 6.45) is 0. The van der Waals surface area contributed by atoms with Gasteiger partial charge in [-0.3, -0.25) is 4.79 Å². The summed E-state index contributed by atoms with van der Waals surface area (Å²) in [5, 5.41) is 3.87. The van der Waals surface area contributed by atoms with Gasteiger partial charge in [-0.05, 0) is 32.9 Å². The van der Waals surface area contributed by atoms with Crippen LogP contribution in [0.5, 0.6) is 11.5 Å². The van der Waals surface area contributed by atoms with Gasteiger partial charge in [0.15, 0.2) is 5.78 Å². The number of methoxy groups -OCH3 is 1. The molecule has 2 aromatic rings. The van der Waals surface area contributed by atoms with Gasteiger partial charge in [0, 0.05) is 6.07 Å². The fraction of sp³-hybridized carbons (Fsp3) is 0.333. The van der Waals surface area contributed by atoms with E-state index in [0.29, 0.717) is 23.7 Å². The largest absolute Gasteiger partial charge is 0.497 e. The van der Waals surface area contributed by atoms with Crippen molar-refractivity contribution in [2.24, 2.45) is 0 Å². The normalized spacial score (nSPS) is 10.4. The Labute approximate surface area is 117 Å². The zero-order valence-electron chi connectivity index (χ0n) is 12.0. The lowest BCUT2D eigenvalue weighted by Gasteiger charge is -2.11. The number of carbonyl (C=O) groups is 1. The molecule has 0 aliphatic heterocycles. The Bertz CT molecular complexity index is 611. The summed E-state index contributed by atoms with van der Waals surface area (Å²) < 4.78 is 16.0. The minimum Gasteiger partial charge on any atom is -0.497 e. The highest BCUT2D eigenvalue weighted by molar-refractivity contribution is 5.97. The molecule has 0 fully saturated rings. The maximum Gasteiger partial charge on any atom is 0.163 e. The smallest absolute Gasteiger partial charge is 0.163 e. The van der Waals surface area contributed by atoms with E-state index in [-0.39, 0.29) is 5.78 Å². The number of ketones is 1. The van der Waals surface area contributed by atoms with Crippen molar-refractivity contribution in [2.75, 3.05) is 7.11 Å². The number of rotatable bonds is 5. The molecule has 0 N–H and O–H groups in total. The van der Waals surface area contributed by atoms with Crippen molar-refractivity contribution in [1.82, 2.24) is 5.16 Å². The molecule has 5 heteroatoms. The number of aryl methyl sites for hydroxylation is 2. The topological polar surface area (TPSA) is 61.6 Å². The van der Waals surface area contributed by atoms with Crippen LogP contribution in [-0.4, -0.2) is 18.0 Å². The Morgan fingerprint density at radius 2 is 2.10 bits per heavy atom. The van der Waals surface area contributed by atoms with Crippen molar-refractivity contribution in [2.45, 2.75) is 27.4 Å². The van der Waals surface area contributed by atoms with Crippen LogP contribution in [0.4, 0.5) is 0 Å². The van der Waals surface area contributed by atoms with Crippen LogP contribution in [0.25, 0.3) is 0 Å². The van der Waals surface area contributed by atoms with Crippen LogP contribution in [-0.2, 0) is 6.61 Å². The Kier molecular flexibility index (Phi) is 4.08. The molecular weight excluding hydrogens is 258 g/mol. The van der Waals surface area contributed by atoms with Crippen LogP contribution in [0.1, 0.15) is 34.3 Å².